The number of primary amides is 1. The van der Waals surface area contributed by atoms with Gasteiger partial charge in [-0.25, -0.2) is 0 Å². The first-order valence-electron chi connectivity index (χ1n) is 31.2. The van der Waals surface area contributed by atoms with E-state index in [1.807, 2.05) is 12.1 Å². The van der Waals surface area contributed by atoms with Crippen LogP contribution in [0.15, 0.2) is 53.8 Å². The van der Waals surface area contributed by atoms with Crippen LogP contribution in [0, 0.1) is 5.92 Å². The number of carbonyl (C=O) groups excluding carboxylic acids is 11. The Labute approximate surface area is 561 Å². The van der Waals surface area contributed by atoms with Gasteiger partial charge < -0.3 is 83.3 Å². The first kappa shape index (κ1) is 75.4. The van der Waals surface area contributed by atoms with E-state index in [9.17, 15) is 72.5 Å². The molecule has 1 aromatic heterocycles. The molecule has 518 valence electrons. The number of H-pyrrole nitrogens is 1. The van der Waals surface area contributed by atoms with Crippen molar-refractivity contribution in [1.82, 2.24) is 57.7 Å². The Hall–Kier alpha value is -8.59. The molecule has 1 fully saturated rings. The van der Waals surface area contributed by atoms with Crippen molar-refractivity contribution in [1.29, 1.82) is 0 Å². The number of carboxylic acids is 2. The Bertz CT molecular complexity index is 3280. The molecule has 0 radical (unpaired) electrons. The van der Waals surface area contributed by atoms with Gasteiger partial charge in [0.15, 0.2) is 0 Å². The van der Waals surface area contributed by atoms with E-state index in [2.05, 4.69) is 58.0 Å². The standard InChI is InChI=1S/C62H85N13O17S3/c1-34(2)53-61(89)71-44(25-38-27-64-41-13-8-7-12-40(38)41)56(84)65-28-49(76)68-42(15-16-51(78)79)57(85)72-46(54(63)82)32-94-30-36-22-37-24-39(23-36)91-19-9-5-6-10-20-92-66-29-50(77)67-35(3)55(83)73-47(33-95-31-37)62(90)75-18-11-14-48(75)60(88)69-43(17-21-93-4)58(86)70-45(26-52(80)81)59(87)74-53/h7-8,12-13,22-24,27,29,34-35,42-48,53,64H,5-6,9-11,14-21,25-26,28,30-33H2,1-4H3,(H2,63,82)(H,65,84)(H,67,77)(H,68,76)(H,69,88)(H,70,86)(H,71,89)(H,72,85)(H,73,83)(H,74,87)(H,78,79)(H,80,81)/b66-29+/t35-,42-,43-,44-,45-,46-,47-,48-,53-/m0/s1. The summed E-state index contributed by atoms with van der Waals surface area (Å²) in [5.41, 5.74) is 8.47. The van der Waals surface area contributed by atoms with Crippen LogP contribution in [0.5, 0.6) is 5.75 Å². The van der Waals surface area contributed by atoms with Gasteiger partial charge in [0.2, 0.25) is 59.1 Å². The molecule has 2 aromatic carbocycles. The number of para-hydroxylation sites is 1. The molecule has 0 unspecified atom stereocenters. The number of carboxylic acid groups (broad SMARTS) is 2. The number of hydrogen-bond acceptors (Lipinski definition) is 19. The Balaban J connectivity index is 1.37. The SMILES string of the molecule is CSCC[C@@H]1NC(=O)[C@@H]2CCCN2C(=O)[C@@H]2CSCc3cc(cc(c3)OCCCCCCO/N=C/C(=O)N[C@@H](C)C(=O)N2)CSC[C@@H](C(N)=O)NC(=O)[C@H](CCC(=O)O)NC(=O)CNC(=O)[C@H](Cc2c[nH]c3ccccc23)NC(=O)[C@H](C(C)C)NC(=O)[C@H](CC(=O)O)NC1=O. The van der Waals surface area contributed by atoms with E-state index in [1.165, 1.54) is 47.1 Å². The van der Waals surface area contributed by atoms with E-state index >= 15 is 0 Å². The lowest BCUT2D eigenvalue weighted by molar-refractivity contribution is -0.142. The number of thioether (sulfide) groups is 3. The minimum Gasteiger partial charge on any atom is -0.494 e. The molecule has 6 rings (SSSR count). The fourth-order valence-electron chi connectivity index (χ4n) is 10.6. The van der Waals surface area contributed by atoms with Crippen LogP contribution in [0.25, 0.3) is 10.9 Å². The summed E-state index contributed by atoms with van der Waals surface area (Å²) in [6, 6.07) is -0.302. The van der Waals surface area contributed by atoms with Gasteiger partial charge in [0, 0.05) is 59.5 Å². The maximum absolute atomic E-state index is 14.9. The van der Waals surface area contributed by atoms with Gasteiger partial charge in [0.25, 0.3) is 5.91 Å². The number of nitrogens with two attached hydrogens (primary N) is 1. The van der Waals surface area contributed by atoms with Crippen molar-refractivity contribution in [2.45, 2.75) is 157 Å². The third kappa shape index (κ3) is 24.3. The van der Waals surface area contributed by atoms with Crippen molar-refractivity contribution >= 4 is 129 Å². The number of benzene rings is 2. The van der Waals surface area contributed by atoms with Crippen LogP contribution in [0.4, 0.5) is 0 Å². The summed E-state index contributed by atoms with van der Waals surface area (Å²) in [4.78, 5) is 188. The van der Waals surface area contributed by atoms with Crippen molar-refractivity contribution in [3.8, 4) is 5.75 Å². The molecule has 4 bridgehead atoms. The lowest BCUT2D eigenvalue weighted by Gasteiger charge is -2.30. The average Bonchev–Trinajstić information content (AvgIpc) is 1.77. The first-order valence-corrected chi connectivity index (χ1v) is 34.9. The number of aromatic amines is 1. The summed E-state index contributed by atoms with van der Waals surface area (Å²) in [7, 11) is 0. The molecule has 3 aromatic rings. The third-order valence-corrected chi connectivity index (χ3v) is 18.5. The van der Waals surface area contributed by atoms with Gasteiger partial charge in [-0.05, 0) is 111 Å². The van der Waals surface area contributed by atoms with Crippen LogP contribution < -0.4 is 58.3 Å². The number of ether oxygens (including phenoxy) is 1. The van der Waals surface area contributed by atoms with E-state index in [0.29, 0.717) is 53.6 Å². The van der Waals surface area contributed by atoms with Crippen LogP contribution in [-0.4, -0.2) is 207 Å². The average molecular weight is 1380 g/mol. The number of fused-ring (bicyclic) bond motifs is 7. The molecule has 3 aliphatic heterocycles. The van der Waals surface area contributed by atoms with Gasteiger partial charge in [0.1, 0.15) is 72.9 Å². The van der Waals surface area contributed by atoms with E-state index in [4.69, 9.17) is 15.3 Å². The van der Waals surface area contributed by atoms with E-state index in [-0.39, 0.29) is 61.2 Å². The maximum atomic E-state index is 14.9. The number of rotatable bonds is 12. The predicted molar refractivity (Wildman–Crippen MR) is 354 cm³/mol. The van der Waals surface area contributed by atoms with Crippen LogP contribution in [0.1, 0.15) is 102 Å². The summed E-state index contributed by atoms with van der Waals surface area (Å²) in [5, 5.41) is 47.1. The molecule has 14 N–H and O–H groups in total. The lowest BCUT2D eigenvalue weighted by atomic mass is 10.00. The van der Waals surface area contributed by atoms with Crippen molar-refractivity contribution in [2.75, 3.05) is 49.8 Å². The topological polar surface area (TPSA) is 447 Å². The normalized spacial score (nSPS) is 25.1. The Morgan fingerprint density at radius 3 is 2.07 bits per heavy atom. The Morgan fingerprint density at radius 2 is 1.38 bits per heavy atom. The van der Waals surface area contributed by atoms with Crippen LogP contribution >= 0.6 is 35.3 Å². The number of oxime groups is 1. The quantitative estimate of drug-likeness (QED) is 0.114. The van der Waals surface area contributed by atoms with Gasteiger partial charge in [-0.1, -0.05) is 43.3 Å². The second-order valence-corrected chi connectivity index (χ2v) is 26.5. The highest BCUT2D eigenvalue weighted by atomic mass is 32.2. The second kappa shape index (κ2) is 38.1. The number of nitrogens with one attached hydrogen (secondary N) is 10. The number of hydrogen-bond donors (Lipinski definition) is 13. The summed E-state index contributed by atoms with van der Waals surface area (Å²) >= 11 is 3.78. The van der Waals surface area contributed by atoms with Crippen LogP contribution in [-0.2, 0) is 85.1 Å². The lowest BCUT2D eigenvalue weighted by Crippen LogP contribution is -2.61. The predicted octanol–water partition coefficient (Wildman–Crippen LogP) is 0.0852. The molecule has 30 nitrogen and oxygen atoms in total. The fourth-order valence-corrected chi connectivity index (χ4v) is 13.0. The molecule has 4 heterocycles. The number of aliphatic carboxylic acids is 2. The van der Waals surface area contributed by atoms with Gasteiger partial charge >= 0.3 is 11.9 Å². The number of carbonyl (C=O) groups is 13. The van der Waals surface area contributed by atoms with Crippen LogP contribution in [0.2, 0.25) is 0 Å². The van der Waals surface area contributed by atoms with Crippen molar-refractivity contribution in [3.63, 3.8) is 0 Å². The molecular formula is C62H85N13O17S3. The molecule has 0 saturated carbocycles. The van der Waals surface area contributed by atoms with Gasteiger partial charge in [0.05, 0.1) is 19.6 Å². The molecule has 11 amide bonds. The molecule has 0 spiro atoms. The summed E-state index contributed by atoms with van der Waals surface area (Å²) in [6.45, 7) is 4.28. The highest BCUT2D eigenvalue weighted by molar-refractivity contribution is 7.99. The van der Waals surface area contributed by atoms with Crippen molar-refractivity contribution in [2.24, 2.45) is 16.8 Å². The monoisotopic (exact) mass is 1380 g/mol. The van der Waals surface area contributed by atoms with E-state index < -0.39 is 163 Å². The van der Waals surface area contributed by atoms with Gasteiger partial charge in [-0.2, -0.15) is 35.3 Å². The third-order valence-electron chi connectivity index (χ3n) is 15.6. The molecule has 95 heavy (non-hydrogen) atoms. The van der Waals surface area contributed by atoms with Crippen molar-refractivity contribution < 1.29 is 82.1 Å². The highest BCUT2D eigenvalue weighted by Crippen LogP contribution is 2.27. The minimum atomic E-state index is -1.85. The summed E-state index contributed by atoms with van der Waals surface area (Å²) in [5.74, 6) is -12.3. The molecule has 33 heteroatoms. The Morgan fingerprint density at radius 1 is 0.716 bits per heavy atom. The van der Waals surface area contributed by atoms with E-state index in [0.717, 1.165) is 24.6 Å². The molecule has 1 saturated heterocycles. The number of nitrogens with zero attached hydrogens (tertiary/aromatic N) is 2. The van der Waals surface area contributed by atoms with Crippen molar-refractivity contribution in [3.05, 3.63) is 65.4 Å². The molecular weight excluding hydrogens is 1290 g/mol. The van der Waals surface area contributed by atoms with Crippen LogP contribution in [0.3, 0.4) is 0 Å². The number of aromatic nitrogens is 1. The minimum absolute atomic E-state index is 0.0314. The fraction of sp³-hybridized carbons (Fsp3) is 0.548. The smallest absolute Gasteiger partial charge is 0.305 e. The van der Waals surface area contributed by atoms with Gasteiger partial charge in [-0.15, -0.1) is 0 Å². The number of amides is 11. The maximum Gasteiger partial charge on any atom is 0.305 e. The molecule has 3 aliphatic rings. The summed E-state index contributed by atoms with van der Waals surface area (Å²) < 4.78 is 6.24. The Kier molecular flexibility index (Phi) is 30.2. The second-order valence-electron chi connectivity index (χ2n) is 23.4. The van der Waals surface area contributed by atoms with E-state index in [1.54, 1.807) is 56.6 Å². The molecule has 9 atom stereocenters. The van der Waals surface area contributed by atoms with Gasteiger partial charge in [-0.3, -0.25) is 62.3 Å². The largest absolute Gasteiger partial charge is 0.494 e. The summed E-state index contributed by atoms with van der Waals surface area (Å²) in [6.07, 6.45) is 5.22. The zero-order valence-electron chi connectivity index (χ0n) is 53.3. The zero-order valence-corrected chi connectivity index (χ0v) is 55.8. The highest BCUT2D eigenvalue weighted by Gasteiger charge is 2.41. The molecule has 0 aliphatic carbocycles. The first-order chi connectivity index (χ1) is 45.4. The zero-order chi connectivity index (χ0) is 69.1.